The van der Waals surface area contributed by atoms with E-state index in [1.165, 1.54) is 10.5 Å². The van der Waals surface area contributed by atoms with Crippen molar-refractivity contribution in [3.05, 3.63) is 71.7 Å². The van der Waals surface area contributed by atoms with Gasteiger partial charge in [0.25, 0.3) is 15.9 Å². The predicted octanol–water partition coefficient (Wildman–Crippen LogP) is 3.33. The summed E-state index contributed by atoms with van der Waals surface area (Å²) in [5.74, 6) is -0.145. The normalized spacial score (nSPS) is 15.1. The number of carbonyl (C=O) groups is 2. The van der Waals surface area contributed by atoms with Crippen LogP contribution in [0.1, 0.15) is 34.6 Å². The Morgan fingerprint density at radius 3 is 2.29 bits per heavy atom. The number of rotatable bonds is 6. The standard InChI is InChI=1S/C25H29N5O4S/c1-17-21(25(32)27-20-8-5-4-6-9-20)10-7-11-22(17)28-24(31)19-12-14-30(15-13-19)35(33,34)23-16-29(3)18(2)26-23/h4-11,16,19H,12-15H2,1-3H3,(H,27,32)(H,28,31). The van der Waals surface area contributed by atoms with Crippen LogP contribution in [0.15, 0.2) is 59.8 Å². The van der Waals surface area contributed by atoms with E-state index in [4.69, 9.17) is 0 Å². The summed E-state index contributed by atoms with van der Waals surface area (Å²) in [7, 11) is -1.94. The summed E-state index contributed by atoms with van der Waals surface area (Å²) in [5.41, 5.74) is 2.39. The minimum Gasteiger partial charge on any atom is -0.337 e. The molecule has 0 atom stereocenters. The maximum atomic E-state index is 13.0. The van der Waals surface area contributed by atoms with Crippen LogP contribution < -0.4 is 10.6 Å². The van der Waals surface area contributed by atoms with Crippen molar-refractivity contribution in [1.82, 2.24) is 13.9 Å². The van der Waals surface area contributed by atoms with Gasteiger partial charge in [0.2, 0.25) is 5.91 Å². The minimum absolute atomic E-state index is 0.0293. The molecule has 9 nitrogen and oxygen atoms in total. The highest BCUT2D eigenvalue weighted by atomic mass is 32.2. The van der Waals surface area contributed by atoms with E-state index in [-0.39, 0.29) is 35.8 Å². The SMILES string of the molecule is Cc1c(NC(=O)C2CCN(S(=O)(=O)c3cn(C)c(C)n3)CC2)cccc1C(=O)Nc1ccccc1. The van der Waals surface area contributed by atoms with Crippen molar-refractivity contribution < 1.29 is 18.0 Å². The molecule has 1 fully saturated rings. The Bertz CT molecular complexity index is 1320. The van der Waals surface area contributed by atoms with Crippen LogP contribution in [0.5, 0.6) is 0 Å². The van der Waals surface area contributed by atoms with Gasteiger partial charge in [-0.25, -0.2) is 13.4 Å². The monoisotopic (exact) mass is 495 g/mol. The number of benzene rings is 2. The quantitative estimate of drug-likeness (QED) is 0.545. The first-order valence-corrected chi connectivity index (χ1v) is 12.9. The third-order valence-electron chi connectivity index (χ3n) is 6.38. The first kappa shape index (κ1) is 24.6. The summed E-state index contributed by atoms with van der Waals surface area (Å²) >= 11 is 0. The second-order valence-electron chi connectivity index (χ2n) is 8.70. The summed E-state index contributed by atoms with van der Waals surface area (Å²) in [5, 5.41) is 5.82. The molecule has 2 heterocycles. The molecule has 4 rings (SSSR count). The van der Waals surface area contributed by atoms with Crippen LogP contribution in [-0.2, 0) is 21.9 Å². The number of piperidine rings is 1. The second kappa shape index (κ2) is 10.0. The number of anilines is 2. The molecule has 0 saturated carbocycles. The number of aryl methyl sites for hydroxylation is 2. The predicted molar refractivity (Wildman–Crippen MR) is 134 cm³/mol. The van der Waals surface area contributed by atoms with Gasteiger partial charge in [0, 0.05) is 49.2 Å². The zero-order valence-corrected chi connectivity index (χ0v) is 20.8. The average Bonchev–Trinajstić information content (AvgIpc) is 3.20. The Balaban J connectivity index is 1.39. The Labute approximate surface area is 205 Å². The summed E-state index contributed by atoms with van der Waals surface area (Å²) in [4.78, 5) is 29.9. The maximum Gasteiger partial charge on any atom is 0.262 e. The molecule has 0 bridgehead atoms. The highest BCUT2D eigenvalue weighted by molar-refractivity contribution is 7.89. The highest BCUT2D eigenvalue weighted by Gasteiger charge is 2.33. The topological polar surface area (TPSA) is 113 Å². The molecule has 1 saturated heterocycles. The van der Waals surface area contributed by atoms with Gasteiger partial charge in [-0.1, -0.05) is 24.3 Å². The molecule has 3 aromatic rings. The number of hydrogen-bond acceptors (Lipinski definition) is 5. The van der Waals surface area contributed by atoms with Gasteiger partial charge >= 0.3 is 0 Å². The summed E-state index contributed by atoms with van der Waals surface area (Å²) in [6, 6.07) is 14.4. The molecule has 2 N–H and O–H groups in total. The van der Waals surface area contributed by atoms with Crippen molar-refractivity contribution in [2.24, 2.45) is 13.0 Å². The molecule has 2 aromatic carbocycles. The fourth-order valence-electron chi connectivity index (χ4n) is 4.11. The van der Waals surface area contributed by atoms with E-state index in [2.05, 4.69) is 15.6 Å². The average molecular weight is 496 g/mol. The molecule has 184 valence electrons. The molecule has 10 heteroatoms. The lowest BCUT2D eigenvalue weighted by atomic mass is 9.96. The molecule has 1 aliphatic rings. The number of imidazole rings is 1. The van der Waals surface area contributed by atoms with Gasteiger partial charge in [0.15, 0.2) is 5.03 Å². The van der Waals surface area contributed by atoms with Crippen molar-refractivity contribution in [3.8, 4) is 0 Å². The van der Waals surface area contributed by atoms with E-state index in [9.17, 15) is 18.0 Å². The summed E-state index contributed by atoms with van der Waals surface area (Å²) in [6.45, 7) is 4.03. The van der Waals surface area contributed by atoms with Crippen molar-refractivity contribution in [3.63, 3.8) is 0 Å². The van der Waals surface area contributed by atoms with Crippen LogP contribution in [0.2, 0.25) is 0 Å². The van der Waals surface area contributed by atoms with Gasteiger partial charge < -0.3 is 15.2 Å². The molecule has 35 heavy (non-hydrogen) atoms. The zero-order chi connectivity index (χ0) is 25.2. The Hall–Kier alpha value is -3.50. The molecule has 2 amide bonds. The second-order valence-corrected chi connectivity index (χ2v) is 10.6. The van der Waals surface area contributed by atoms with Gasteiger partial charge in [-0.2, -0.15) is 4.31 Å². The molecular weight excluding hydrogens is 466 g/mol. The number of hydrogen-bond donors (Lipinski definition) is 2. The largest absolute Gasteiger partial charge is 0.337 e. The van der Waals surface area contributed by atoms with Crippen molar-refractivity contribution in [2.75, 3.05) is 23.7 Å². The smallest absolute Gasteiger partial charge is 0.262 e. The van der Waals surface area contributed by atoms with Gasteiger partial charge in [-0.3, -0.25) is 9.59 Å². The van der Waals surface area contributed by atoms with E-state index in [0.717, 1.165) is 0 Å². The van der Waals surface area contributed by atoms with E-state index in [1.54, 1.807) is 55.8 Å². The first-order chi connectivity index (χ1) is 16.7. The number of nitrogens with zero attached hydrogens (tertiary/aromatic N) is 3. The highest BCUT2D eigenvalue weighted by Crippen LogP contribution is 2.26. The summed E-state index contributed by atoms with van der Waals surface area (Å²) in [6.07, 6.45) is 2.32. The lowest BCUT2D eigenvalue weighted by Crippen LogP contribution is -2.41. The van der Waals surface area contributed by atoms with Crippen LogP contribution >= 0.6 is 0 Å². The minimum atomic E-state index is -3.69. The molecule has 0 aliphatic carbocycles. The van der Waals surface area contributed by atoms with Crippen LogP contribution in [0, 0.1) is 19.8 Å². The number of sulfonamides is 1. The lowest BCUT2D eigenvalue weighted by Gasteiger charge is -2.30. The van der Waals surface area contributed by atoms with Gasteiger partial charge in [-0.05, 0) is 56.5 Å². The fraction of sp³-hybridized carbons (Fsp3) is 0.320. The number of nitrogens with one attached hydrogen (secondary N) is 2. The molecule has 0 spiro atoms. The Morgan fingerprint density at radius 2 is 1.66 bits per heavy atom. The molecule has 1 aromatic heterocycles. The fourth-order valence-corrected chi connectivity index (χ4v) is 5.61. The van der Waals surface area contributed by atoms with Crippen LogP contribution in [-0.4, -0.2) is 47.2 Å². The van der Waals surface area contributed by atoms with Gasteiger partial charge in [0.1, 0.15) is 5.82 Å². The first-order valence-electron chi connectivity index (χ1n) is 11.4. The Kier molecular flexibility index (Phi) is 7.04. The third-order valence-corrected chi connectivity index (χ3v) is 8.15. The molecule has 0 radical (unpaired) electrons. The van der Waals surface area contributed by atoms with Gasteiger partial charge in [-0.15, -0.1) is 0 Å². The third kappa shape index (κ3) is 5.28. The van der Waals surface area contributed by atoms with Crippen molar-refractivity contribution in [2.45, 2.75) is 31.7 Å². The van der Waals surface area contributed by atoms with E-state index >= 15 is 0 Å². The van der Waals surface area contributed by atoms with Crippen LogP contribution in [0.25, 0.3) is 0 Å². The number of amides is 2. The maximum absolute atomic E-state index is 13.0. The van der Waals surface area contributed by atoms with Crippen molar-refractivity contribution >= 4 is 33.2 Å². The van der Waals surface area contributed by atoms with Crippen LogP contribution in [0.3, 0.4) is 0 Å². The van der Waals surface area contributed by atoms with Crippen LogP contribution in [0.4, 0.5) is 11.4 Å². The number of para-hydroxylation sites is 1. The Morgan fingerprint density at radius 1 is 0.971 bits per heavy atom. The number of carbonyl (C=O) groups excluding carboxylic acids is 2. The lowest BCUT2D eigenvalue weighted by molar-refractivity contribution is -0.120. The van der Waals surface area contributed by atoms with E-state index in [0.29, 0.717) is 41.2 Å². The molecule has 1 aliphatic heterocycles. The van der Waals surface area contributed by atoms with Crippen molar-refractivity contribution in [1.29, 1.82) is 0 Å². The van der Waals surface area contributed by atoms with Gasteiger partial charge in [0.05, 0.1) is 0 Å². The van der Waals surface area contributed by atoms with E-state index < -0.39 is 10.0 Å². The summed E-state index contributed by atoms with van der Waals surface area (Å²) < 4.78 is 28.9. The molecule has 0 unspecified atom stereocenters. The zero-order valence-electron chi connectivity index (χ0n) is 20.0. The molecular formula is C25H29N5O4S. The van der Waals surface area contributed by atoms with E-state index in [1.807, 2.05) is 18.2 Å². The number of aromatic nitrogens is 2.